The van der Waals surface area contributed by atoms with Crippen molar-refractivity contribution in [3.8, 4) is 5.75 Å². The molecule has 0 aliphatic rings. The molecule has 2 aromatic rings. The summed E-state index contributed by atoms with van der Waals surface area (Å²) < 4.78 is 0. The highest BCUT2D eigenvalue weighted by atomic mass is 35.5. The highest BCUT2D eigenvalue weighted by Gasteiger charge is 2.05. The van der Waals surface area contributed by atoms with Crippen LogP contribution in [0.1, 0.15) is 0 Å². The predicted octanol–water partition coefficient (Wildman–Crippen LogP) is 4.02. The quantitative estimate of drug-likeness (QED) is 0.570. The molecule has 0 aliphatic heterocycles. The van der Waals surface area contributed by atoms with Crippen LogP contribution in [-0.2, 0) is 0 Å². The van der Waals surface area contributed by atoms with Crippen molar-refractivity contribution in [2.24, 2.45) is 0 Å². The molecule has 0 radical (unpaired) electrons. The fraction of sp³-hybridized carbons (Fsp3) is 0. The van der Waals surface area contributed by atoms with Gasteiger partial charge in [-0.05, 0) is 36.4 Å². The Morgan fingerprint density at radius 1 is 0.941 bits per heavy atom. The van der Waals surface area contributed by atoms with Crippen molar-refractivity contribution in [3.63, 3.8) is 0 Å². The molecular formula is C12H10Cl2N2O. The van der Waals surface area contributed by atoms with E-state index >= 15 is 0 Å². The second-order valence-corrected chi connectivity index (χ2v) is 4.39. The average molecular weight is 269 g/mol. The first kappa shape index (κ1) is 11.9. The molecule has 0 saturated heterocycles. The lowest BCUT2D eigenvalue weighted by Gasteiger charge is -2.11. The van der Waals surface area contributed by atoms with Crippen LogP contribution >= 0.6 is 23.2 Å². The highest BCUT2D eigenvalue weighted by Crippen LogP contribution is 2.32. The largest absolute Gasteiger partial charge is 0.506 e. The molecule has 4 N–H and O–H groups in total. The van der Waals surface area contributed by atoms with Crippen LogP contribution in [0.3, 0.4) is 0 Å². The molecule has 3 nitrogen and oxygen atoms in total. The summed E-state index contributed by atoms with van der Waals surface area (Å²) in [6.45, 7) is 0. The van der Waals surface area contributed by atoms with Gasteiger partial charge >= 0.3 is 0 Å². The van der Waals surface area contributed by atoms with Crippen LogP contribution in [0.15, 0.2) is 36.4 Å². The van der Waals surface area contributed by atoms with Crippen molar-refractivity contribution in [2.45, 2.75) is 0 Å². The normalized spacial score (nSPS) is 10.2. The average Bonchev–Trinajstić information content (AvgIpc) is 2.27. The van der Waals surface area contributed by atoms with Gasteiger partial charge in [-0.2, -0.15) is 0 Å². The Hall–Kier alpha value is -1.58. The molecule has 0 aromatic heterocycles. The maximum Gasteiger partial charge on any atom is 0.139 e. The fourth-order valence-electron chi connectivity index (χ4n) is 1.40. The zero-order valence-corrected chi connectivity index (χ0v) is 10.3. The Kier molecular flexibility index (Phi) is 3.31. The second kappa shape index (κ2) is 4.73. The van der Waals surface area contributed by atoms with Crippen LogP contribution < -0.4 is 11.1 Å². The third-order valence-electron chi connectivity index (χ3n) is 2.24. The standard InChI is InChI=1S/C12H10Cl2N2O/c13-7-1-3-10(9(15)5-7)16-11-6-8(14)2-4-12(11)17/h1-6,16-17H,15H2. The summed E-state index contributed by atoms with van der Waals surface area (Å²) in [6.07, 6.45) is 0. The molecule has 5 heteroatoms. The Bertz CT molecular complexity index is 558. The number of phenolic OH excluding ortho intramolecular Hbond substituents is 1. The van der Waals surface area contributed by atoms with Gasteiger partial charge in [0.15, 0.2) is 0 Å². The van der Waals surface area contributed by atoms with Crippen LogP contribution in [0.5, 0.6) is 5.75 Å². The topological polar surface area (TPSA) is 58.3 Å². The fourth-order valence-corrected chi connectivity index (χ4v) is 1.75. The van der Waals surface area contributed by atoms with Gasteiger partial charge in [-0.15, -0.1) is 0 Å². The molecule has 0 amide bonds. The highest BCUT2D eigenvalue weighted by molar-refractivity contribution is 6.31. The van der Waals surface area contributed by atoms with Gasteiger partial charge in [-0.3, -0.25) is 0 Å². The molecule has 0 fully saturated rings. The molecule has 17 heavy (non-hydrogen) atoms. The van der Waals surface area contributed by atoms with Gasteiger partial charge in [0.2, 0.25) is 0 Å². The minimum Gasteiger partial charge on any atom is -0.506 e. The SMILES string of the molecule is Nc1cc(Cl)ccc1Nc1cc(Cl)ccc1O. The lowest BCUT2D eigenvalue weighted by molar-refractivity contribution is 0.478. The Morgan fingerprint density at radius 2 is 1.59 bits per heavy atom. The van der Waals surface area contributed by atoms with Gasteiger partial charge in [0.05, 0.1) is 17.1 Å². The van der Waals surface area contributed by atoms with E-state index in [1.807, 2.05) is 0 Å². The van der Waals surface area contributed by atoms with E-state index in [-0.39, 0.29) is 5.75 Å². The van der Waals surface area contributed by atoms with E-state index in [0.717, 1.165) is 0 Å². The number of nitrogens with two attached hydrogens (primary N) is 1. The van der Waals surface area contributed by atoms with E-state index in [1.54, 1.807) is 30.3 Å². The maximum atomic E-state index is 9.65. The van der Waals surface area contributed by atoms with E-state index in [9.17, 15) is 5.11 Å². The number of nitrogens with one attached hydrogen (secondary N) is 1. The van der Waals surface area contributed by atoms with E-state index in [0.29, 0.717) is 27.1 Å². The van der Waals surface area contributed by atoms with Crippen molar-refractivity contribution in [1.82, 2.24) is 0 Å². The van der Waals surface area contributed by atoms with Crippen molar-refractivity contribution in [1.29, 1.82) is 0 Å². The number of hydrogen-bond donors (Lipinski definition) is 3. The molecule has 0 atom stereocenters. The van der Waals surface area contributed by atoms with E-state index < -0.39 is 0 Å². The first-order valence-corrected chi connectivity index (χ1v) is 5.62. The Morgan fingerprint density at radius 3 is 2.29 bits per heavy atom. The molecule has 0 bridgehead atoms. The van der Waals surface area contributed by atoms with Gasteiger partial charge in [0.25, 0.3) is 0 Å². The summed E-state index contributed by atoms with van der Waals surface area (Å²) in [4.78, 5) is 0. The summed E-state index contributed by atoms with van der Waals surface area (Å²) in [5, 5.41) is 13.7. The van der Waals surface area contributed by atoms with Crippen LogP contribution in [0.25, 0.3) is 0 Å². The number of anilines is 3. The number of hydrogen-bond acceptors (Lipinski definition) is 3. The summed E-state index contributed by atoms with van der Waals surface area (Å²) in [5.41, 5.74) is 7.44. The Balaban J connectivity index is 2.34. The van der Waals surface area contributed by atoms with Crippen LogP contribution in [-0.4, -0.2) is 5.11 Å². The lowest BCUT2D eigenvalue weighted by atomic mass is 10.2. The molecule has 0 heterocycles. The predicted molar refractivity (Wildman–Crippen MR) is 72.3 cm³/mol. The zero-order valence-electron chi connectivity index (χ0n) is 8.74. The van der Waals surface area contributed by atoms with E-state index in [1.165, 1.54) is 6.07 Å². The molecule has 0 aliphatic carbocycles. The summed E-state index contributed by atoms with van der Waals surface area (Å²) in [5.74, 6) is 0.101. The first-order chi connectivity index (χ1) is 8.06. The van der Waals surface area contributed by atoms with Crippen molar-refractivity contribution >= 4 is 40.3 Å². The van der Waals surface area contributed by atoms with Gasteiger partial charge in [-0.1, -0.05) is 23.2 Å². The van der Waals surface area contributed by atoms with Gasteiger partial charge in [0.1, 0.15) is 5.75 Å². The number of rotatable bonds is 2. The first-order valence-electron chi connectivity index (χ1n) is 4.87. The summed E-state index contributed by atoms with van der Waals surface area (Å²) in [7, 11) is 0. The molecule has 2 aromatic carbocycles. The summed E-state index contributed by atoms with van der Waals surface area (Å²) in [6, 6.07) is 9.81. The number of phenols is 1. The molecule has 0 spiro atoms. The van der Waals surface area contributed by atoms with Crippen molar-refractivity contribution < 1.29 is 5.11 Å². The van der Waals surface area contributed by atoms with Crippen LogP contribution in [0.4, 0.5) is 17.1 Å². The number of nitrogen functional groups attached to an aromatic ring is 1. The monoisotopic (exact) mass is 268 g/mol. The molecule has 0 unspecified atom stereocenters. The van der Waals surface area contributed by atoms with E-state index in [2.05, 4.69) is 5.32 Å². The van der Waals surface area contributed by atoms with E-state index in [4.69, 9.17) is 28.9 Å². The summed E-state index contributed by atoms with van der Waals surface area (Å²) >= 11 is 11.6. The molecule has 2 rings (SSSR count). The van der Waals surface area contributed by atoms with Gasteiger partial charge in [0, 0.05) is 10.0 Å². The van der Waals surface area contributed by atoms with Crippen LogP contribution in [0, 0.1) is 0 Å². The smallest absolute Gasteiger partial charge is 0.139 e. The second-order valence-electron chi connectivity index (χ2n) is 3.52. The number of aromatic hydroxyl groups is 1. The molecule has 88 valence electrons. The Labute approximate surface area is 109 Å². The van der Waals surface area contributed by atoms with Gasteiger partial charge in [-0.25, -0.2) is 0 Å². The third kappa shape index (κ3) is 2.75. The van der Waals surface area contributed by atoms with Crippen molar-refractivity contribution in [2.75, 3.05) is 11.1 Å². The number of halogens is 2. The molecular weight excluding hydrogens is 259 g/mol. The zero-order chi connectivity index (χ0) is 12.4. The van der Waals surface area contributed by atoms with Gasteiger partial charge < -0.3 is 16.2 Å². The molecule has 0 saturated carbocycles. The lowest BCUT2D eigenvalue weighted by Crippen LogP contribution is -1.96. The van der Waals surface area contributed by atoms with Crippen LogP contribution in [0.2, 0.25) is 10.0 Å². The minimum atomic E-state index is 0.101. The number of benzene rings is 2. The third-order valence-corrected chi connectivity index (χ3v) is 2.71. The minimum absolute atomic E-state index is 0.101. The van der Waals surface area contributed by atoms with Crippen molar-refractivity contribution in [3.05, 3.63) is 46.4 Å². The maximum absolute atomic E-state index is 9.65.